The minimum absolute atomic E-state index is 0.0502. The number of methoxy groups -OCH3 is 1. The van der Waals surface area contributed by atoms with Crippen LogP contribution in [0.1, 0.15) is 11.3 Å². The molecule has 0 atom stereocenters. The Morgan fingerprint density at radius 2 is 1.93 bits per heavy atom. The van der Waals surface area contributed by atoms with Gasteiger partial charge >= 0.3 is 0 Å². The molecule has 0 aliphatic heterocycles. The van der Waals surface area contributed by atoms with Gasteiger partial charge in [-0.3, -0.25) is 4.79 Å². The lowest BCUT2D eigenvalue weighted by Gasteiger charge is -2.04. The standard InChI is InChI=1S/C19H20N6O4S/c1-27-13-4-2-12(3-5-13)10-28-18-7-6-14(29-18)9-22-25-17(26)11-30-19-23-15(20)8-16(21)24-19/h2-9H,10-11H2,1H3,(H,25,26)(H4,20,21,23,24)/b22-9-. The lowest BCUT2D eigenvalue weighted by atomic mass is 10.2. The highest BCUT2D eigenvalue weighted by molar-refractivity contribution is 7.99. The van der Waals surface area contributed by atoms with Crippen LogP contribution in [-0.4, -0.2) is 35.0 Å². The number of hydrogen-bond acceptors (Lipinski definition) is 10. The third kappa shape index (κ3) is 6.41. The number of nitrogen functional groups attached to an aromatic ring is 2. The highest BCUT2D eigenvalue weighted by Gasteiger charge is 2.06. The summed E-state index contributed by atoms with van der Waals surface area (Å²) >= 11 is 1.09. The molecule has 0 aliphatic rings. The van der Waals surface area contributed by atoms with Crippen molar-refractivity contribution in [3.8, 4) is 11.7 Å². The molecule has 0 bridgehead atoms. The van der Waals surface area contributed by atoms with E-state index in [4.69, 9.17) is 25.4 Å². The number of ether oxygens (including phenoxy) is 2. The van der Waals surface area contributed by atoms with Crippen molar-refractivity contribution in [1.29, 1.82) is 0 Å². The Morgan fingerprint density at radius 3 is 2.63 bits per heavy atom. The van der Waals surface area contributed by atoms with Gasteiger partial charge in [0.2, 0.25) is 0 Å². The number of furan rings is 1. The van der Waals surface area contributed by atoms with Crippen molar-refractivity contribution >= 4 is 35.5 Å². The summed E-state index contributed by atoms with van der Waals surface area (Å²) in [5.74, 6) is 1.74. The summed E-state index contributed by atoms with van der Waals surface area (Å²) in [6.07, 6.45) is 1.37. The molecule has 1 amide bonds. The zero-order valence-electron chi connectivity index (χ0n) is 16.1. The van der Waals surface area contributed by atoms with Crippen LogP contribution >= 0.6 is 11.8 Å². The van der Waals surface area contributed by atoms with Crippen molar-refractivity contribution in [1.82, 2.24) is 15.4 Å². The van der Waals surface area contributed by atoms with Crippen LogP contribution in [0.5, 0.6) is 11.7 Å². The zero-order chi connectivity index (χ0) is 21.3. The molecule has 10 nitrogen and oxygen atoms in total. The highest BCUT2D eigenvalue weighted by atomic mass is 32.2. The molecule has 1 aromatic carbocycles. The van der Waals surface area contributed by atoms with Gasteiger partial charge in [-0.05, 0) is 23.8 Å². The monoisotopic (exact) mass is 428 g/mol. The van der Waals surface area contributed by atoms with Crippen molar-refractivity contribution in [2.45, 2.75) is 11.8 Å². The first-order chi connectivity index (χ1) is 14.5. The number of nitrogens with zero attached hydrogens (tertiary/aromatic N) is 3. The van der Waals surface area contributed by atoms with Crippen LogP contribution in [0, 0.1) is 0 Å². The molecule has 30 heavy (non-hydrogen) atoms. The minimum Gasteiger partial charge on any atom is -0.497 e. The number of amides is 1. The number of carbonyl (C=O) groups excluding carboxylic acids is 1. The van der Waals surface area contributed by atoms with Gasteiger partial charge in [0.1, 0.15) is 24.0 Å². The van der Waals surface area contributed by atoms with Crippen LogP contribution in [0.4, 0.5) is 11.6 Å². The first kappa shape index (κ1) is 21.0. The molecular weight excluding hydrogens is 408 g/mol. The fourth-order valence-electron chi connectivity index (χ4n) is 2.21. The Bertz CT molecular complexity index is 1000. The maximum absolute atomic E-state index is 11.9. The van der Waals surface area contributed by atoms with Crippen molar-refractivity contribution in [3.63, 3.8) is 0 Å². The van der Waals surface area contributed by atoms with Gasteiger partial charge in [-0.25, -0.2) is 15.4 Å². The number of thioether (sulfide) groups is 1. The molecule has 0 aliphatic carbocycles. The van der Waals surface area contributed by atoms with E-state index < -0.39 is 0 Å². The summed E-state index contributed by atoms with van der Waals surface area (Å²) in [5.41, 5.74) is 14.5. The van der Waals surface area contributed by atoms with E-state index in [1.54, 1.807) is 19.2 Å². The maximum Gasteiger partial charge on any atom is 0.285 e. The molecule has 0 radical (unpaired) electrons. The van der Waals surface area contributed by atoms with Crippen molar-refractivity contribution in [2.75, 3.05) is 24.3 Å². The summed E-state index contributed by atoms with van der Waals surface area (Å²) < 4.78 is 16.2. The van der Waals surface area contributed by atoms with Crippen LogP contribution in [0.3, 0.4) is 0 Å². The number of nitrogens with two attached hydrogens (primary N) is 2. The van der Waals surface area contributed by atoms with E-state index >= 15 is 0 Å². The van der Waals surface area contributed by atoms with E-state index in [-0.39, 0.29) is 23.3 Å². The first-order valence-electron chi connectivity index (χ1n) is 8.72. The van der Waals surface area contributed by atoms with Gasteiger partial charge in [0.05, 0.1) is 19.1 Å². The number of nitrogens with one attached hydrogen (secondary N) is 1. The van der Waals surface area contributed by atoms with E-state index in [0.717, 1.165) is 23.1 Å². The summed E-state index contributed by atoms with van der Waals surface area (Å²) in [5, 5.41) is 4.16. The van der Waals surface area contributed by atoms with Gasteiger partial charge < -0.3 is 25.4 Å². The second-order valence-corrected chi connectivity index (χ2v) is 6.82. The summed E-state index contributed by atoms with van der Waals surface area (Å²) in [7, 11) is 1.61. The van der Waals surface area contributed by atoms with Gasteiger partial charge in [-0.1, -0.05) is 23.9 Å². The Kier molecular flexibility index (Phi) is 7.11. The summed E-state index contributed by atoms with van der Waals surface area (Å²) in [6.45, 7) is 0.346. The molecular formula is C19H20N6O4S. The van der Waals surface area contributed by atoms with Crippen LogP contribution in [0.25, 0.3) is 0 Å². The summed E-state index contributed by atoms with van der Waals surface area (Å²) in [6, 6.07) is 12.3. The number of carbonyl (C=O) groups is 1. The molecule has 11 heteroatoms. The van der Waals surface area contributed by atoms with Crippen LogP contribution in [-0.2, 0) is 11.4 Å². The molecule has 3 rings (SSSR count). The number of hydrazone groups is 1. The number of anilines is 2. The van der Waals surface area contributed by atoms with Crippen molar-refractivity contribution < 1.29 is 18.7 Å². The predicted molar refractivity (Wildman–Crippen MR) is 113 cm³/mol. The van der Waals surface area contributed by atoms with E-state index in [0.29, 0.717) is 23.5 Å². The van der Waals surface area contributed by atoms with Crippen LogP contribution < -0.4 is 26.4 Å². The third-order valence-electron chi connectivity index (χ3n) is 3.60. The second-order valence-electron chi connectivity index (χ2n) is 5.88. The van der Waals surface area contributed by atoms with Gasteiger partial charge in [0.25, 0.3) is 11.9 Å². The van der Waals surface area contributed by atoms with E-state index in [1.165, 1.54) is 12.3 Å². The van der Waals surface area contributed by atoms with Crippen LogP contribution in [0.15, 0.2) is 57.1 Å². The van der Waals surface area contributed by atoms with Gasteiger partial charge in [0, 0.05) is 12.1 Å². The largest absolute Gasteiger partial charge is 0.497 e. The molecule has 0 fully saturated rings. The minimum atomic E-state index is -0.344. The van der Waals surface area contributed by atoms with E-state index in [9.17, 15) is 4.79 Å². The zero-order valence-corrected chi connectivity index (χ0v) is 16.9. The number of hydrogen-bond donors (Lipinski definition) is 3. The highest BCUT2D eigenvalue weighted by Crippen LogP contribution is 2.18. The molecule has 156 valence electrons. The third-order valence-corrected chi connectivity index (χ3v) is 4.45. The Morgan fingerprint density at radius 1 is 1.20 bits per heavy atom. The van der Waals surface area contributed by atoms with Gasteiger partial charge in [-0.2, -0.15) is 5.10 Å². The lowest BCUT2D eigenvalue weighted by Crippen LogP contribution is -2.19. The number of aromatic nitrogens is 2. The fraction of sp³-hybridized carbons (Fsp3) is 0.158. The molecule has 0 saturated carbocycles. The topological polar surface area (TPSA) is 151 Å². The van der Waals surface area contributed by atoms with Crippen LogP contribution in [0.2, 0.25) is 0 Å². The normalized spacial score (nSPS) is 10.8. The SMILES string of the molecule is COc1ccc(COc2ccc(/C=N\NC(=O)CSc3nc(N)cc(N)n3)o2)cc1. The Labute approximate surface area is 176 Å². The molecule has 0 spiro atoms. The smallest absolute Gasteiger partial charge is 0.285 e. The van der Waals surface area contributed by atoms with E-state index in [1.807, 2.05) is 24.3 Å². The van der Waals surface area contributed by atoms with E-state index in [2.05, 4.69) is 20.5 Å². The summed E-state index contributed by atoms with van der Waals surface area (Å²) in [4.78, 5) is 19.8. The molecule has 3 aromatic rings. The van der Waals surface area contributed by atoms with Crippen molar-refractivity contribution in [2.24, 2.45) is 5.10 Å². The quantitative estimate of drug-likeness (QED) is 0.201. The lowest BCUT2D eigenvalue weighted by molar-refractivity contribution is -0.118. The average Bonchev–Trinajstić information content (AvgIpc) is 3.18. The molecule has 2 heterocycles. The molecule has 5 N–H and O–H groups in total. The first-order valence-corrected chi connectivity index (χ1v) is 9.70. The Hall–Kier alpha value is -3.73. The average molecular weight is 428 g/mol. The van der Waals surface area contributed by atoms with Crippen molar-refractivity contribution in [3.05, 3.63) is 53.8 Å². The van der Waals surface area contributed by atoms with Gasteiger partial charge in [0.15, 0.2) is 10.9 Å². The van der Waals surface area contributed by atoms with Gasteiger partial charge in [-0.15, -0.1) is 0 Å². The Balaban J connectivity index is 1.42. The number of rotatable bonds is 9. The fourth-order valence-corrected chi connectivity index (χ4v) is 2.88. The second kappa shape index (κ2) is 10.2. The molecule has 2 aromatic heterocycles. The maximum atomic E-state index is 11.9. The predicted octanol–water partition coefficient (Wildman–Crippen LogP) is 2.06. The number of benzene rings is 1. The molecule has 0 saturated heterocycles. The molecule has 0 unspecified atom stereocenters.